The van der Waals surface area contributed by atoms with E-state index >= 15 is 0 Å². The summed E-state index contributed by atoms with van der Waals surface area (Å²) in [5.74, 6) is 0. The molecule has 0 spiro atoms. The first-order valence-electron chi connectivity index (χ1n) is 6.87. The van der Waals surface area contributed by atoms with Gasteiger partial charge in [-0.3, -0.25) is 0 Å². The lowest BCUT2D eigenvalue weighted by molar-refractivity contribution is -0.188. The molecule has 0 aromatic rings. The van der Waals surface area contributed by atoms with Gasteiger partial charge in [0.25, 0.3) is 0 Å². The predicted octanol–water partition coefficient (Wildman–Crippen LogP) is 2.86. The zero-order chi connectivity index (χ0) is 13.0. The van der Waals surface area contributed by atoms with Gasteiger partial charge in [-0.2, -0.15) is 0 Å². The fourth-order valence-electron chi connectivity index (χ4n) is 2.69. The average Bonchev–Trinajstić information content (AvgIpc) is 2.42. The summed E-state index contributed by atoms with van der Waals surface area (Å²) in [7, 11) is 0. The molecule has 2 aliphatic heterocycles. The van der Waals surface area contributed by atoms with Gasteiger partial charge in [0.05, 0.1) is 12.2 Å². The first-order valence-corrected chi connectivity index (χ1v) is 6.87. The first-order chi connectivity index (χ1) is 8.69. The van der Waals surface area contributed by atoms with Crippen LogP contribution in [-0.4, -0.2) is 37.1 Å². The molecular weight excluding hydrogens is 228 g/mol. The van der Waals surface area contributed by atoms with Crippen LogP contribution in [0.15, 0.2) is 25.3 Å². The number of hydrogen-bond acceptors (Lipinski definition) is 3. The van der Waals surface area contributed by atoms with E-state index in [0.29, 0.717) is 0 Å². The van der Waals surface area contributed by atoms with E-state index < -0.39 is 0 Å². The summed E-state index contributed by atoms with van der Waals surface area (Å²) in [6.45, 7) is 11.4. The Morgan fingerprint density at radius 2 is 2.00 bits per heavy atom. The standard InChI is InChI=1S/C15H24O3/c1-4-12-13(8-6-10-16-12)18-14-9-7-11-17-15(14,3)5-2/h4-5,12-14H,1-2,6-11H2,3H3/t12-,13+,14-,15+/m1/s1. The fourth-order valence-corrected chi connectivity index (χ4v) is 2.69. The van der Waals surface area contributed by atoms with Gasteiger partial charge in [0.2, 0.25) is 0 Å². The Bertz CT molecular complexity index is 302. The van der Waals surface area contributed by atoms with E-state index in [2.05, 4.69) is 20.1 Å². The van der Waals surface area contributed by atoms with Crippen molar-refractivity contribution in [2.75, 3.05) is 13.2 Å². The summed E-state index contributed by atoms with van der Waals surface area (Å²) in [5, 5.41) is 0. The van der Waals surface area contributed by atoms with Crippen molar-refractivity contribution in [2.24, 2.45) is 0 Å². The molecule has 3 heteroatoms. The van der Waals surface area contributed by atoms with E-state index in [1.807, 2.05) is 12.2 Å². The van der Waals surface area contributed by atoms with Crippen LogP contribution in [-0.2, 0) is 14.2 Å². The third kappa shape index (κ3) is 2.85. The smallest absolute Gasteiger partial charge is 0.109 e. The maximum atomic E-state index is 6.25. The van der Waals surface area contributed by atoms with Gasteiger partial charge < -0.3 is 14.2 Å². The van der Waals surface area contributed by atoms with Crippen molar-refractivity contribution < 1.29 is 14.2 Å². The second-order valence-corrected chi connectivity index (χ2v) is 5.26. The molecular formula is C15H24O3. The highest BCUT2D eigenvalue weighted by Gasteiger charge is 2.39. The normalized spacial score (nSPS) is 41.3. The second kappa shape index (κ2) is 6.00. The van der Waals surface area contributed by atoms with Crippen molar-refractivity contribution in [1.82, 2.24) is 0 Å². The van der Waals surface area contributed by atoms with E-state index in [4.69, 9.17) is 14.2 Å². The average molecular weight is 252 g/mol. The SMILES string of the molecule is C=C[C@H]1OCCC[C@@H]1O[C@@H]1CCCO[C@@]1(C)C=C. The Balaban J connectivity index is 2.01. The second-order valence-electron chi connectivity index (χ2n) is 5.26. The van der Waals surface area contributed by atoms with Gasteiger partial charge in [0.1, 0.15) is 11.7 Å². The van der Waals surface area contributed by atoms with E-state index in [0.717, 1.165) is 38.9 Å². The van der Waals surface area contributed by atoms with Crippen molar-refractivity contribution in [3.05, 3.63) is 25.3 Å². The summed E-state index contributed by atoms with van der Waals surface area (Å²) in [6, 6.07) is 0. The minimum Gasteiger partial charge on any atom is -0.371 e. The maximum absolute atomic E-state index is 6.25. The largest absolute Gasteiger partial charge is 0.371 e. The number of rotatable bonds is 4. The third-order valence-corrected chi connectivity index (χ3v) is 3.95. The van der Waals surface area contributed by atoms with Crippen LogP contribution in [0, 0.1) is 0 Å². The van der Waals surface area contributed by atoms with Crippen LogP contribution in [0.2, 0.25) is 0 Å². The lowest BCUT2D eigenvalue weighted by atomic mass is 9.91. The molecule has 2 saturated heterocycles. The molecule has 102 valence electrons. The highest BCUT2D eigenvalue weighted by atomic mass is 16.6. The Morgan fingerprint density at radius 1 is 1.22 bits per heavy atom. The van der Waals surface area contributed by atoms with Crippen LogP contribution >= 0.6 is 0 Å². The summed E-state index contributed by atoms with van der Waals surface area (Å²) < 4.78 is 17.8. The maximum Gasteiger partial charge on any atom is 0.109 e. The van der Waals surface area contributed by atoms with E-state index in [9.17, 15) is 0 Å². The predicted molar refractivity (Wildman–Crippen MR) is 71.6 cm³/mol. The molecule has 3 nitrogen and oxygen atoms in total. The number of hydrogen-bond donors (Lipinski definition) is 0. The molecule has 0 unspecified atom stereocenters. The van der Waals surface area contributed by atoms with Gasteiger partial charge in [-0.05, 0) is 32.6 Å². The minimum absolute atomic E-state index is 0.00902. The first kappa shape index (κ1) is 13.8. The highest BCUT2D eigenvalue weighted by Crippen LogP contribution is 2.32. The topological polar surface area (TPSA) is 27.7 Å². The molecule has 0 aromatic heterocycles. The number of ether oxygens (including phenoxy) is 3. The van der Waals surface area contributed by atoms with Crippen LogP contribution in [0.5, 0.6) is 0 Å². The van der Waals surface area contributed by atoms with Gasteiger partial charge in [-0.25, -0.2) is 0 Å². The molecule has 0 aromatic carbocycles. The van der Waals surface area contributed by atoms with Crippen molar-refractivity contribution in [2.45, 2.75) is 56.5 Å². The van der Waals surface area contributed by atoms with Gasteiger partial charge in [0, 0.05) is 13.2 Å². The molecule has 0 aliphatic carbocycles. The molecule has 0 bridgehead atoms. The Labute approximate surface area is 110 Å². The monoisotopic (exact) mass is 252 g/mol. The molecule has 0 N–H and O–H groups in total. The minimum atomic E-state index is -0.374. The molecule has 2 heterocycles. The lowest BCUT2D eigenvalue weighted by Crippen LogP contribution is -2.49. The van der Waals surface area contributed by atoms with E-state index in [1.165, 1.54) is 0 Å². The van der Waals surface area contributed by atoms with Crippen LogP contribution < -0.4 is 0 Å². The highest BCUT2D eigenvalue weighted by molar-refractivity contribution is 5.03. The van der Waals surface area contributed by atoms with Crippen molar-refractivity contribution in [1.29, 1.82) is 0 Å². The van der Waals surface area contributed by atoms with Crippen LogP contribution in [0.4, 0.5) is 0 Å². The zero-order valence-corrected chi connectivity index (χ0v) is 11.3. The van der Waals surface area contributed by atoms with Crippen LogP contribution in [0.1, 0.15) is 32.6 Å². The van der Waals surface area contributed by atoms with Crippen molar-refractivity contribution in [3.63, 3.8) is 0 Å². The fraction of sp³-hybridized carbons (Fsp3) is 0.733. The lowest BCUT2D eigenvalue weighted by Gasteiger charge is -2.42. The summed E-state index contributed by atoms with van der Waals surface area (Å²) in [5.41, 5.74) is -0.374. The van der Waals surface area contributed by atoms with Crippen molar-refractivity contribution >= 4 is 0 Å². The molecule has 4 atom stereocenters. The van der Waals surface area contributed by atoms with Crippen molar-refractivity contribution in [3.8, 4) is 0 Å². The summed E-state index contributed by atoms with van der Waals surface area (Å²) in [4.78, 5) is 0. The van der Waals surface area contributed by atoms with Gasteiger partial charge in [-0.15, -0.1) is 13.2 Å². The Hall–Kier alpha value is -0.640. The molecule has 0 radical (unpaired) electrons. The molecule has 0 saturated carbocycles. The van der Waals surface area contributed by atoms with E-state index in [1.54, 1.807) is 0 Å². The Morgan fingerprint density at radius 3 is 2.72 bits per heavy atom. The summed E-state index contributed by atoms with van der Waals surface area (Å²) >= 11 is 0. The molecule has 18 heavy (non-hydrogen) atoms. The summed E-state index contributed by atoms with van der Waals surface area (Å²) in [6.07, 6.45) is 8.02. The Kier molecular flexibility index (Phi) is 4.60. The van der Waals surface area contributed by atoms with Crippen LogP contribution in [0.25, 0.3) is 0 Å². The molecule has 2 aliphatic rings. The van der Waals surface area contributed by atoms with Gasteiger partial charge in [-0.1, -0.05) is 12.2 Å². The molecule has 2 rings (SSSR count). The molecule has 0 amide bonds. The van der Waals surface area contributed by atoms with Gasteiger partial charge in [0.15, 0.2) is 0 Å². The van der Waals surface area contributed by atoms with Crippen LogP contribution in [0.3, 0.4) is 0 Å². The quantitative estimate of drug-likeness (QED) is 0.720. The van der Waals surface area contributed by atoms with E-state index in [-0.39, 0.29) is 23.9 Å². The van der Waals surface area contributed by atoms with Gasteiger partial charge >= 0.3 is 0 Å². The molecule has 2 fully saturated rings. The zero-order valence-electron chi connectivity index (χ0n) is 11.3. The third-order valence-electron chi connectivity index (χ3n) is 3.95.